The first-order valence-electron chi connectivity index (χ1n) is 7.50. The van der Waals surface area contributed by atoms with E-state index in [1.807, 2.05) is 0 Å². The zero-order valence-corrected chi connectivity index (χ0v) is 14.1. The van der Waals surface area contributed by atoms with E-state index in [0.717, 1.165) is 12.0 Å². The summed E-state index contributed by atoms with van der Waals surface area (Å²) in [4.78, 5) is 10.8. The third-order valence-corrected chi connectivity index (χ3v) is 3.02. The van der Waals surface area contributed by atoms with E-state index >= 15 is 0 Å². The van der Waals surface area contributed by atoms with E-state index in [0.29, 0.717) is 63.4 Å². The molecule has 0 radical (unpaired) electrons. The van der Waals surface area contributed by atoms with E-state index < -0.39 is 0 Å². The van der Waals surface area contributed by atoms with Gasteiger partial charge in [0.2, 0.25) is 0 Å². The molecule has 0 fully saturated rings. The summed E-state index contributed by atoms with van der Waals surface area (Å²) in [5.41, 5.74) is 1.40. The van der Waals surface area contributed by atoms with Gasteiger partial charge in [-0.15, -0.1) is 11.6 Å². The molecule has 0 saturated carbocycles. The molecule has 0 atom stereocenters. The summed E-state index contributed by atoms with van der Waals surface area (Å²) in [6.45, 7) is 3.45. The maximum Gasteiger partial charge on any atom is 0.150 e. The van der Waals surface area contributed by atoms with Gasteiger partial charge in [0.15, 0.2) is 0 Å². The standard InChI is InChI=1S/C16H24ClNO5/c1-18-15-3-2-14(13-19)12-16(15)23-11-10-22-9-8-21-7-6-20-5-4-17/h2-3,12-13,18H,4-11H2,1H3. The monoisotopic (exact) mass is 345 g/mol. The Balaban J connectivity index is 2.08. The van der Waals surface area contributed by atoms with E-state index in [1.165, 1.54) is 0 Å². The van der Waals surface area contributed by atoms with Crippen LogP contribution in [0, 0.1) is 0 Å². The van der Waals surface area contributed by atoms with E-state index in [1.54, 1.807) is 25.2 Å². The predicted molar refractivity (Wildman–Crippen MR) is 90.0 cm³/mol. The average Bonchev–Trinajstić information content (AvgIpc) is 2.59. The van der Waals surface area contributed by atoms with Crippen molar-refractivity contribution in [3.63, 3.8) is 0 Å². The van der Waals surface area contributed by atoms with Crippen LogP contribution in [0.2, 0.25) is 0 Å². The quantitative estimate of drug-likeness (QED) is 0.317. The molecule has 1 rings (SSSR count). The Hall–Kier alpha value is -1.34. The van der Waals surface area contributed by atoms with E-state index in [4.69, 9.17) is 30.5 Å². The average molecular weight is 346 g/mol. The lowest BCUT2D eigenvalue weighted by Gasteiger charge is -2.12. The maximum absolute atomic E-state index is 10.8. The van der Waals surface area contributed by atoms with Gasteiger partial charge in [-0.1, -0.05) is 0 Å². The van der Waals surface area contributed by atoms with Crippen LogP contribution in [0.3, 0.4) is 0 Å². The van der Waals surface area contributed by atoms with Gasteiger partial charge in [0, 0.05) is 18.5 Å². The molecular weight excluding hydrogens is 322 g/mol. The Morgan fingerprint density at radius 1 is 1.00 bits per heavy atom. The molecule has 0 spiro atoms. The highest BCUT2D eigenvalue weighted by atomic mass is 35.5. The van der Waals surface area contributed by atoms with Crippen molar-refractivity contribution in [3.8, 4) is 5.75 Å². The molecule has 0 saturated heterocycles. The van der Waals surface area contributed by atoms with Gasteiger partial charge in [0.1, 0.15) is 18.6 Å². The number of rotatable bonds is 14. The molecule has 0 bridgehead atoms. The van der Waals surface area contributed by atoms with Crippen LogP contribution in [0.15, 0.2) is 18.2 Å². The summed E-state index contributed by atoms with van der Waals surface area (Å²) < 4.78 is 21.5. The predicted octanol–water partition coefficient (Wildman–Crippen LogP) is 2.21. The van der Waals surface area contributed by atoms with Crippen LogP contribution in [-0.4, -0.2) is 65.5 Å². The van der Waals surface area contributed by atoms with Crippen LogP contribution in [0.1, 0.15) is 10.4 Å². The Bertz CT molecular complexity index is 444. The lowest BCUT2D eigenvalue weighted by Crippen LogP contribution is -2.13. The summed E-state index contributed by atoms with van der Waals surface area (Å²) in [6.07, 6.45) is 0.789. The number of alkyl halides is 1. The van der Waals surface area contributed by atoms with Gasteiger partial charge < -0.3 is 24.3 Å². The number of anilines is 1. The summed E-state index contributed by atoms with van der Waals surface area (Å²) in [6, 6.07) is 5.24. The first-order valence-corrected chi connectivity index (χ1v) is 8.04. The third-order valence-electron chi connectivity index (χ3n) is 2.86. The fraction of sp³-hybridized carbons (Fsp3) is 0.562. The number of ether oxygens (including phenoxy) is 4. The van der Waals surface area contributed by atoms with Crippen molar-refractivity contribution < 1.29 is 23.7 Å². The SMILES string of the molecule is CNc1ccc(C=O)cc1OCCOCCOCCOCCCl. The summed E-state index contributed by atoms with van der Waals surface area (Å²) in [7, 11) is 1.80. The lowest BCUT2D eigenvalue weighted by molar-refractivity contribution is 0.0117. The topological polar surface area (TPSA) is 66.0 Å². The Morgan fingerprint density at radius 3 is 2.17 bits per heavy atom. The summed E-state index contributed by atoms with van der Waals surface area (Å²) in [5.74, 6) is 1.13. The van der Waals surface area contributed by atoms with Gasteiger partial charge in [-0.25, -0.2) is 0 Å². The lowest BCUT2D eigenvalue weighted by atomic mass is 10.2. The molecule has 0 aliphatic rings. The van der Waals surface area contributed by atoms with Gasteiger partial charge in [-0.3, -0.25) is 4.79 Å². The van der Waals surface area contributed by atoms with Crippen LogP contribution in [0.25, 0.3) is 0 Å². The largest absolute Gasteiger partial charge is 0.489 e. The van der Waals surface area contributed by atoms with Gasteiger partial charge in [0.25, 0.3) is 0 Å². The molecule has 0 aromatic heterocycles. The van der Waals surface area contributed by atoms with Crippen molar-refractivity contribution in [2.75, 3.05) is 64.5 Å². The van der Waals surface area contributed by atoms with E-state index in [-0.39, 0.29) is 0 Å². The highest BCUT2D eigenvalue weighted by Crippen LogP contribution is 2.24. The minimum absolute atomic E-state index is 0.399. The van der Waals surface area contributed by atoms with Crippen molar-refractivity contribution in [1.29, 1.82) is 0 Å². The van der Waals surface area contributed by atoms with Crippen LogP contribution in [0.5, 0.6) is 5.75 Å². The fourth-order valence-electron chi connectivity index (χ4n) is 1.75. The Kier molecular flexibility index (Phi) is 11.3. The van der Waals surface area contributed by atoms with Crippen molar-refractivity contribution in [2.24, 2.45) is 0 Å². The minimum atomic E-state index is 0.399. The molecule has 6 nitrogen and oxygen atoms in total. The zero-order chi connectivity index (χ0) is 16.8. The van der Waals surface area contributed by atoms with Crippen LogP contribution < -0.4 is 10.1 Å². The van der Waals surface area contributed by atoms with Crippen molar-refractivity contribution in [1.82, 2.24) is 0 Å². The number of hydrogen-bond donors (Lipinski definition) is 1. The Labute approximate surface area is 142 Å². The second kappa shape index (κ2) is 13.1. The fourth-order valence-corrected chi connectivity index (χ4v) is 1.85. The van der Waals surface area contributed by atoms with Crippen molar-refractivity contribution >= 4 is 23.6 Å². The number of carbonyl (C=O) groups is 1. The smallest absolute Gasteiger partial charge is 0.150 e. The normalized spacial score (nSPS) is 10.5. The second-order valence-corrected chi connectivity index (χ2v) is 4.88. The molecule has 0 heterocycles. The van der Waals surface area contributed by atoms with Crippen molar-refractivity contribution in [3.05, 3.63) is 23.8 Å². The summed E-state index contributed by atoms with van der Waals surface area (Å²) in [5, 5.41) is 3.01. The molecule has 0 aliphatic carbocycles. The molecule has 23 heavy (non-hydrogen) atoms. The second-order valence-electron chi connectivity index (χ2n) is 4.50. The minimum Gasteiger partial charge on any atom is -0.489 e. The highest BCUT2D eigenvalue weighted by molar-refractivity contribution is 6.17. The first kappa shape index (κ1) is 19.7. The van der Waals surface area contributed by atoms with Gasteiger partial charge in [0.05, 0.1) is 45.3 Å². The van der Waals surface area contributed by atoms with Gasteiger partial charge in [-0.05, 0) is 18.2 Å². The Morgan fingerprint density at radius 2 is 1.61 bits per heavy atom. The molecule has 0 aliphatic heterocycles. The molecule has 1 aromatic rings. The highest BCUT2D eigenvalue weighted by Gasteiger charge is 2.03. The molecule has 7 heteroatoms. The van der Waals surface area contributed by atoms with Crippen molar-refractivity contribution in [2.45, 2.75) is 0 Å². The third kappa shape index (κ3) is 8.76. The molecule has 1 aromatic carbocycles. The van der Waals surface area contributed by atoms with Crippen LogP contribution >= 0.6 is 11.6 Å². The van der Waals surface area contributed by atoms with Crippen LogP contribution in [-0.2, 0) is 14.2 Å². The zero-order valence-electron chi connectivity index (χ0n) is 13.4. The number of halogens is 1. The van der Waals surface area contributed by atoms with Crippen LogP contribution in [0.4, 0.5) is 5.69 Å². The molecular formula is C16H24ClNO5. The number of nitrogens with one attached hydrogen (secondary N) is 1. The van der Waals surface area contributed by atoms with E-state index in [9.17, 15) is 4.79 Å². The molecule has 0 unspecified atom stereocenters. The molecule has 1 N–H and O–H groups in total. The number of benzene rings is 1. The number of aldehydes is 1. The maximum atomic E-state index is 10.8. The van der Waals surface area contributed by atoms with Gasteiger partial charge >= 0.3 is 0 Å². The summed E-state index contributed by atoms with van der Waals surface area (Å²) >= 11 is 5.47. The molecule has 0 amide bonds. The first-order chi connectivity index (χ1) is 11.3. The molecule has 130 valence electrons. The number of carbonyl (C=O) groups excluding carboxylic acids is 1. The van der Waals surface area contributed by atoms with E-state index in [2.05, 4.69) is 5.32 Å². The van der Waals surface area contributed by atoms with Gasteiger partial charge in [-0.2, -0.15) is 0 Å². The number of hydrogen-bond acceptors (Lipinski definition) is 6.